The van der Waals surface area contributed by atoms with E-state index in [0.29, 0.717) is 12.5 Å². The third-order valence-corrected chi connectivity index (χ3v) is 1.71. The fraction of sp³-hybridized carbons (Fsp3) is 0.385. The fourth-order valence-corrected chi connectivity index (χ4v) is 1.02. The summed E-state index contributed by atoms with van der Waals surface area (Å²) in [7, 11) is 1.66. The third kappa shape index (κ3) is 7.74. The van der Waals surface area contributed by atoms with Crippen molar-refractivity contribution in [2.75, 3.05) is 13.7 Å². The fourth-order valence-electron chi connectivity index (χ4n) is 1.02. The van der Waals surface area contributed by atoms with Crippen LogP contribution in [0, 0.1) is 0 Å². The Labute approximate surface area is 98.0 Å². The summed E-state index contributed by atoms with van der Waals surface area (Å²) in [5, 5.41) is 0. The quantitative estimate of drug-likeness (QED) is 0.384. The number of aliphatic imine (C=N–C) groups is 2. The molecular formula is C13H20N2O. The van der Waals surface area contributed by atoms with Gasteiger partial charge in [0.05, 0.1) is 0 Å². The van der Waals surface area contributed by atoms with E-state index in [9.17, 15) is 0 Å². The lowest BCUT2D eigenvalue weighted by Gasteiger charge is -2.00. The summed E-state index contributed by atoms with van der Waals surface area (Å²) in [6.45, 7) is 8.26. The SMILES string of the molecule is C=CC(=NC=NC)OC/C=C\C(C)=C/CC. The molecule has 0 aliphatic rings. The van der Waals surface area contributed by atoms with Gasteiger partial charge in [0.2, 0.25) is 5.90 Å². The molecule has 0 atom stereocenters. The van der Waals surface area contributed by atoms with E-state index in [1.807, 2.05) is 12.2 Å². The van der Waals surface area contributed by atoms with E-state index < -0.39 is 0 Å². The van der Waals surface area contributed by atoms with Crippen molar-refractivity contribution in [2.45, 2.75) is 20.3 Å². The van der Waals surface area contributed by atoms with Crippen molar-refractivity contribution in [1.29, 1.82) is 0 Å². The molecule has 0 unspecified atom stereocenters. The molecule has 0 rings (SSSR count). The van der Waals surface area contributed by atoms with Crippen molar-refractivity contribution in [1.82, 2.24) is 0 Å². The van der Waals surface area contributed by atoms with Crippen molar-refractivity contribution < 1.29 is 4.74 Å². The van der Waals surface area contributed by atoms with Gasteiger partial charge >= 0.3 is 0 Å². The predicted molar refractivity (Wildman–Crippen MR) is 71.2 cm³/mol. The Kier molecular flexibility index (Phi) is 8.88. The van der Waals surface area contributed by atoms with E-state index in [-0.39, 0.29) is 0 Å². The average Bonchev–Trinajstić information content (AvgIpc) is 2.28. The zero-order valence-electron chi connectivity index (χ0n) is 10.3. The van der Waals surface area contributed by atoms with Gasteiger partial charge in [-0.25, -0.2) is 4.99 Å². The van der Waals surface area contributed by atoms with Crippen LogP contribution in [0.25, 0.3) is 0 Å². The highest BCUT2D eigenvalue weighted by Crippen LogP contribution is 1.97. The molecule has 0 aliphatic heterocycles. The summed E-state index contributed by atoms with van der Waals surface area (Å²) in [5.41, 5.74) is 1.23. The van der Waals surface area contributed by atoms with Crippen molar-refractivity contribution in [3.8, 4) is 0 Å². The summed E-state index contributed by atoms with van der Waals surface area (Å²) in [4.78, 5) is 7.69. The molecule has 0 spiro atoms. The van der Waals surface area contributed by atoms with Crippen molar-refractivity contribution >= 4 is 12.2 Å². The number of ether oxygens (including phenoxy) is 1. The summed E-state index contributed by atoms with van der Waals surface area (Å²) in [6.07, 6.45) is 10.2. The second-order valence-electron chi connectivity index (χ2n) is 3.11. The second-order valence-corrected chi connectivity index (χ2v) is 3.11. The van der Waals surface area contributed by atoms with Gasteiger partial charge in [0.15, 0.2) is 0 Å². The van der Waals surface area contributed by atoms with Gasteiger partial charge in [-0.2, -0.15) is 0 Å². The first-order chi connectivity index (χ1) is 7.74. The first-order valence-electron chi connectivity index (χ1n) is 5.31. The number of hydrogen-bond acceptors (Lipinski definition) is 2. The molecular weight excluding hydrogens is 200 g/mol. The van der Waals surface area contributed by atoms with Crippen LogP contribution in [0.1, 0.15) is 20.3 Å². The first kappa shape index (κ1) is 14.4. The second kappa shape index (κ2) is 9.90. The van der Waals surface area contributed by atoms with Crippen molar-refractivity contribution in [2.24, 2.45) is 9.98 Å². The largest absolute Gasteiger partial charge is 0.473 e. The molecule has 0 bridgehead atoms. The van der Waals surface area contributed by atoms with Crippen molar-refractivity contribution in [3.63, 3.8) is 0 Å². The highest BCUT2D eigenvalue weighted by Gasteiger charge is 1.89. The first-order valence-corrected chi connectivity index (χ1v) is 5.31. The van der Waals surface area contributed by atoms with E-state index in [1.54, 1.807) is 13.1 Å². The maximum Gasteiger partial charge on any atom is 0.214 e. The lowest BCUT2D eigenvalue weighted by molar-refractivity contribution is 0.354. The molecule has 0 aromatic rings. The van der Waals surface area contributed by atoms with Crippen LogP contribution in [-0.2, 0) is 4.74 Å². The third-order valence-electron chi connectivity index (χ3n) is 1.71. The Morgan fingerprint density at radius 3 is 2.75 bits per heavy atom. The van der Waals surface area contributed by atoms with Gasteiger partial charge < -0.3 is 4.74 Å². The normalized spacial score (nSPS) is 13.7. The van der Waals surface area contributed by atoms with Crippen molar-refractivity contribution in [3.05, 3.63) is 36.5 Å². The Morgan fingerprint density at radius 1 is 1.44 bits per heavy atom. The van der Waals surface area contributed by atoms with Gasteiger partial charge in [0, 0.05) is 7.05 Å². The lowest BCUT2D eigenvalue weighted by Crippen LogP contribution is -2.01. The summed E-state index contributed by atoms with van der Waals surface area (Å²) in [6, 6.07) is 0. The van der Waals surface area contributed by atoms with Gasteiger partial charge in [-0.3, -0.25) is 4.99 Å². The Bertz CT molecular complexity index is 312. The highest BCUT2D eigenvalue weighted by atomic mass is 16.5. The van der Waals surface area contributed by atoms with E-state index in [0.717, 1.165) is 6.42 Å². The molecule has 88 valence electrons. The Hall–Kier alpha value is -1.64. The maximum atomic E-state index is 5.35. The molecule has 3 heteroatoms. The average molecular weight is 220 g/mol. The van der Waals surface area contributed by atoms with Crippen LogP contribution in [0.5, 0.6) is 0 Å². The molecule has 0 radical (unpaired) electrons. The summed E-state index contributed by atoms with van der Waals surface area (Å²) in [5.74, 6) is 0.479. The van der Waals surface area contributed by atoms with Gasteiger partial charge in [-0.1, -0.05) is 31.2 Å². The highest BCUT2D eigenvalue weighted by molar-refractivity contribution is 5.92. The van der Waals surface area contributed by atoms with Gasteiger partial charge in [0.25, 0.3) is 0 Å². The lowest BCUT2D eigenvalue weighted by atomic mass is 10.2. The van der Waals surface area contributed by atoms with Crippen LogP contribution in [0.3, 0.4) is 0 Å². The summed E-state index contributed by atoms with van der Waals surface area (Å²) < 4.78 is 5.35. The number of nitrogens with zero attached hydrogens (tertiary/aromatic N) is 2. The maximum absolute atomic E-state index is 5.35. The van der Waals surface area contributed by atoms with E-state index in [1.165, 1.54) is 11.9 Å². The van der Waals surface area contributed by atoms with Gasteiger partial charge in [-0.15, -0.1) is 0 Å². The molecule has 0 aromatic carbocycles. The molecule has 0 amide bonds. The van der Waals surface area contributed by atoms with Crippen LogP contribution >= 0.6 is 0 Å². The molecule has 0 aliphatic carbocycles. The van der Waals surface area contributed by atoms with Crippen LogP contribution in [0.15, 0.2) is 46.4 Å². The minimum atomic E-state index is 0.479. The molecule has 0 saturated heterocycles. The topological polar surface area (TPSA) is 34.0 Å². The number of allylic oxidation sites excluding steroid dienone is 3. The van der Waals surface area contributed by atoms with Gasteiger partial charge in [0.1, 0.15) is 12.9 Å². The number of hydrogen-bond donors (Lipinski definition) is 0. The predicted octanol–water partition coefficient (Wildman–Crippen LogP) is 3.16. The minimum absolute atomic E-state index is 0.479. The van der Waals surface area contributed by atoms with Crippen LogP contribution in [0.4, 0.5) is 0 Å². The van der Waals surface area contributed by atoms with E-state index in [2.05, 4.69) is 36.5 Å². The zero-order chi connectivity index (χ0) is 12.2. The molecule has 16 heavy (non-hydrogen) atoms. The van der Waals surface area contributed by atoms with Crippen LogP contribution in [-0.4, -0.2) is 25.9 Å². The minimum Gasteiger partial charge on any atom is -0.473 e. The Balaban J connectivity index is 4.05. The molecule has 0 heterocycles. The molecule has 0 fully saturated rings. The Morgan fingerprint density at radius 2 is 2.19 bits per heavy atom. The monoisotopic (exact) mass is 220 g/mol. The zero-order valence-corrected chi connectivity index (χ0v) is 10.3. The molecule has 0 aromatic heterocycles. The molecule has 0 saturated carbocycles. The smallest absolute Gasteiger partial charge is 0.214 e. The van der Waals surface area contributed by atoms with Crippen LogP contribution < -0.4 is 0 Å². The van der Waals surface area contributed by atoms with E-state index in [4.69, 9.17) is 4.74 Å². The van der Waals surface area contributed by atoms with E-state index >= 15 is 0 Å². The standard InChI is InChI=1S/C13H20N2O/c1-5-8-12(3)9-7-10-16-13(6-2)15-11-14-4/h6-9,11H,2,5,10H2,1,3-4H3/b9-7-,12-8-,14-11?,15-13?. The summed E-state index contributed by atoms with van der Waals surface area (Å²) >= 11 is 0. The molecule has 0 N–H and O–H groups in total. The number of rotatable bonds is 6. The van der Waals surface area contributed by atoms with Gasteiger partial charge in [-0.05, 0) is 25.5 Å². The van der Waals surface area contributed by atoms with Crippen LogP contribution in [0.2, 0.25) is 0 Å². The molecule has 3 nitrogen and oxygen atoms in total.